The van der Waals surface area contributed by atoms with Crippen molar-refractivity contribution in [2.24, 2.45) is 12.8 Å². The van der Waals surface area contributed by atoms with E-state index in [1.165, 1.54) is 11.8 Å². The number of benzene rings is 1. The molecule has 8 nitrogen and oxygen atoms in total. The number of primary amides is 1. The maximum atomic E-state index is 10.9. The maximum absolute atomic E-state index is 10.9. The minimum atomic E-state index is -0.357. The molecule has 3 rings (SSSR count). The lowest BCUT2D eigenvalue weighted by Crippen LogP contribution is -2.12. The van der Waals surface area contributed by atoms with Gasteiger partial charge in [-0.05, 0) is 19.1 Å². The molecule has 0 saturated heterocycles. The van der Waals surface area contributed by atoms with E-state index in [1.807, 2.05) is 48.9 Å². The van der Waals surface area contributed by atoms with Crippen LogP contribution in [0.1, 0.15) is 30.3 Å². The first-order chi connectivity index (χ1) is 12.0. The van der Waals surface area contributed by atoms with Crippen LogP contribution in [0.25, 0.3) is 11.5 Å². The number of carbonyl (C=O) groups is 1. The first-order valence-electron chi connectivity index (χ1n) is 7.76. The van der Waals surface area contributed by atoms with Crippen LogP contribution < -0.4 is 5.73 Å². The highest BCUT2D eigenvalue weighted by Gasteiger charge is 2.20. The normalized spacial score (nSPS) is 12.2. The maximum Gasteiger partial charge on any atom is 0.247 e. The zero-order valence-corrected chi connectivity index (χ0v) is 14.7. The Kier molecular flexibility index (Phi) is 5.13. The molecule has 0 aliphatic carbocycles. The molecule has 2 N–H and O–H groups in total. The Bertz CT molecular complexity index is 861. The van der Waals surface area contributed by atoms with Crippen molar-refractivity contribution in [3.63, 3.8) is 0 Å². The number of amides is 1. The quantitative estimate of drug-likeness (QED) is 0.644. The van der Waals surface area contributed by atoms with Gasteiger partial charge in [0.15, 0.2) is 5.16 Å². The first-order valence-corrected chi connectivity index (χ1v) is 8.64. The fraction of sp³-hybridized carbons (Fsp3) is 0.312. The SMILES string of the molecule is C[C@H](Sc1nnc(CCC(N)=O)n1C)c1nnc(-c2ccccc2)o1. The Morgan fingerprint density at radius 3 is 2.72 bits per heavy atom. The lowest BCUT2D eigenvalue weighted by atomic mass is 10.2. The highest BCUT2D eigenvalue weighted by atomic mass is 32.2. The summed E-state index contributed by atoms with van der Waals surface area (Å²) in [6.45, 7) is 1.96. The second-order valence-corrected chi connectivity index (χ2v) is 6.80. The van der Waals surface area contributed by atoms with Gasteiger partial charge < -0.3 is 14.7 Å². The Morgan fingerprint density at radius 2 is 2.00 bits per heavy atom. The summed E-state index contributed by atoms with van der Waals surface area (Å²) in [5, 5.41) is 17.1. The van der Waals surface area contributed by atoms with Gasteiger partial charge in [0.25, 0.3) is 0 Å². The van der Waals surface area contributed by atoms with Crippen molar-refractivity contribution < 1.29 is 9.21 Å². The molecule has 0 fully saturated rings. The van der Waals surface area contributed by atoms with Gasteiger partial charge in [-0.15, -0.1) is 20.4 Å². The smallest absolute Gasteiger partial charge is 0.247 e. The van der Waals surface area contributed by atoms with Gasteiger partial charge in [-0.1, -0.05) is 30.0 Å². The molecule has 0 aliphatic rings. The molecule has 25 heavy (non-hydrogen) atoms. The van der Waals surface area contributed by atoms with Crippen LogP contribution in [0.5, 0.6) is 0 Å². The minimum Gasteiger partial charge on any atom is -0.419 e. The Hall–Kier alpha value is -2.68. The number of aromatic nitrogens is 5. The van der Waals surface area contributed by atoms with Gasteiger partial charge in [-0.25, -0.2) is 0 Å². The molecule has 1 atom stereocenters. The van der Waals surface area contributed by atoms with Crippen molar-refractivity contribution in [1.82, 2.24) is 25.0 Å². The van der Waals surface area contributed by atoms with Crippen molar-refractivity contribution in [1.29, 1.82) is 0 Å². The van der Waals surface area contributed by atoms with E-state index in [0.29, 0.717) is 29.2 Å². The van der Waals surface area contributed by atoms with E-state index in [9.17, 15) is 4.79 Å². The summed E-state index contributed by atoms with van der Waals surface area (Å²) >= 11 is 1.46. The predicted molar refractivity (Wildman–Crippen MR) is 92.5 cm³/mol. The molecular formula is C16H18N6O2S. The van der Waals surface area contributed by atoms with Gasteiger partial charge in [0.2, 0.25) is 17.7 Å². The van der Waals surface area contributed by atoms with Crippen molar-refractivity contribution in [3.8, 4) is 11.5 Å². The number of nitrogens with zero attached hydrogens (tertiary/aromatic N) is 5. The molecule has 3 aromatic rings. The second kappa shape index (κ2) is 7.47. The summed E-state index contributed by atoms with van der Waals surface area (Å²) < 4.78 is 7.61. The fourth-order valence-corrected chi connectivity index (χ4v) is 3.07. The summed E-state index contributed by atoms with van der Waals surface area (Å²) in [4.78, 5) is 10.9. The van der Waals surface area contributed by atoms with Gasteiger partial charge in [-0.3, -0.25) is 4.79 Å². The molecule has 0 saturated carbocycles. The van der Waals surface area contributed by atoms with Crippen LogP contribution >= 0.6 is 11.8 Å². The highest BCUT2D eigenvalue weighted by Crippen LogP contribution is 2.34. The predicted octanol–water partition coefficient (Wildman–Crippen LogP) is 2.14. The molecule has 2 heterocycles. The zero-order chi connectivity index (χ0) is 17.8. The van der Waals surface area contributed by atoms with Crippen molar-refractivity contribution in [3.05, 3.63) is 42.0 Å². The van der Waals surface area contributed by atoms with E-state index in [4.69, 9.17) is 10.2 Å². The number of rotatable bonds is 7. The molecule has 1 aromatic carbocycles. The molecule has 0 bridgehead atoms. The molecule has 1 amide bonds. The van der Waals surface area contributed by atoms with Crippen molar-refractivity contribution in [2.45, 2.75) is 30.2 Å². The van der Waals surface area contributed by atoms with Gasteiger partial charge in [0, 0.05) is 25.5 Å². The monoisotopic (exact) mass is 358 g/mol. The topological polar surface area (TPSA) is 113 Å². The van der Waals surface area contributed by atoms with Crippen LogP contribution in [0, 0.1) is 0 Å². The van der Waals surface area contributed by atoms with E-state index < -0.39 is 0 Å². The van der Waals surface area contributed by atoms with Crippen LogP contribution in [0.15, 0.2) is 39.9 Å². The molecular weight excluding hydrogens is 340 g/mol. The van der Waals surface area contributed by atoms with E-state index in [1.54, 1.807) is 0 Å². The number of thioether (sulfide) groups is 1. The molecule has 0 unspecified atom stereocenters. The van der Waals surface area contributed by atoms with Crippen LogP contribution in [-0.2, 0) is 18.3 Å². The molecule has 2 aromatic heterocycles. The Labute approximate surface area is 148 Å². The van der Waals surface area contributed by atoms with Gasteiger partial charge >= 0.3 is 0 Å². The largest absolute Gasteiger partial charge is 0.419 e. The summed E-state index contributed by atoms with van der Waals surface area (Å²) in [5.41, 5.74) is 6.06. The van der Waals surface area contributed by atoms with Gasteiger partial charge in [0.1, 0.15) is 5.82 Å². The number of hydrogen-bond donors (Lipinski definition) is 1. The lowest BCUT2D eigenvalue weighted by molar-refractivity contribution is -0.118. The number of carbonyl (C=O) groups excluding carboxylic acids is 1. The fourth-order valence-electron chi connectivity index (χ4n) is 2.21. The summed E-state index contributed by atoms with van der Waals surface area (Å²) in [6, 6.07) is 9.61. The van der Waals surface area contributed by atoms with Gasteiger partial charge in [0.05, 0.1) is 5.25 Å². The number of nitrogens with two attached hydrogens (primary N) is 1. The second-order valence-electron chi connectivity index (χ2n) is 5.50. The molecule has 0 aliphatic heterocycles. The van der Waals surface area contributed by atoms with Crippen LogP contribution in [0.4, 0.5) is 0 Å². The number of aryl methyl sites for hydroxylation is 1. The Balaban J connectivity index is 1.70. The standard InChI is InChI=1S/C16H18N6O2S/c1-10(14-19-20-15(24-14)11-6-4-3-5-7-11)25-16-21-18-13(22(16)2)9-8-12(17)23/h3-7,10H,8-9H2,1-2H3,(H2,17,23)/t10-/m0/s1. The van der Waals surface area contributed by atoms with Crippen LogP contribution in [0.2, 0.25) is 0 Å². The average Bonchev–Trinajstić information content (AvgIpc) is 3.22. The Morgan fingerprint density at radius 1 is 1.24 bits per heavy atom. The zero-order valence-electron chi connectivity index (χ0n) is 13.9. The summed E-state index contributed by atoms with van der Waals surface area (Å²) in [7, 11) is 1.86. The van der Waals surface area contributed by atoms with Crippen LogP contribution in [0.3, 0.4) is 0 Å². The van der Waals surface area contributed by atoms with E-state index in [2.05, 4.69) is 20.4 Å². The van der Waals surface area contributed by atoms with E-state index in [0.717, 1.165) is 5.56 Å². The minimum absolute atomic E-state index is 0.0862. The van der Waals surface area contributed by atoms with Crippen molar-refractivity contribution in [2.75, 3.05) is 0 Å². The van der Waals surface area contributed by atoms with Crippen LogP contribution in [-0.4, -0.2) is 30.9 Å². The van der Waals surface area contributed by atoms with Gasteiger partial charge in [-0.2, -0.15) is 0 Å². The number of hydrogen-bond acceptors (Lipinski definition) is 7. The lowest BCUT2D eigenvalue weighted by Gasteiger charge is -2.06. The molecule has 130 valence electrons. The third kappa shape index (κ3) is 4.05. The summed E-state index contributed by atoms with van der Waals surface area (Å²) in [6.07, 6.45) is 0.711. The van der Waals surface area contributed by atoms with E-state index in [-0.39, 0.29) is 17.6 Å². The van der Waals surface area contributed by atoms with E-state index >= 15 is 0 Å². The first kappa shape index (κ1) is 17.2. The average molecular weight is 358 g/mol. The van der Waals surface area contributed by atoms with Crippen molar-refractivity contribution >= 4 is 17.7 Å². The highest BCUT2D eigenvalue weighted by molar-refractivity contribution is 7.99. The molecule has 9 heteroatoms. The molecule has 0 radical (unpaired) electrons. The molecule has 0 spiro atoms. The third-order valence-electron chi connectivity index (χ3n) is 3.61. The third-order valence-corrected chi connectivity index (χ3v) is 4.73. The summed E-state index contributed by atoms with van der Waals surface area (Å²) in [5.74, 6) is 1.36.